The van der Waals surface area contributed by atoms with E-state index >= 15 is 0 Å². The summed E-state index contributed by atoms with van der Waals surface area (Å²) in [7, 11) is -4.30. The van der Waals surface area contributed by atoms with Crippen LogP contribution in [0.1, 0.15) is 19.4 Å². The van der Waals surface area contributed by atoms with Crippen molar-refractivity contribution >= 4 is 13.7 Å². The van der Waals surface area contributed by atoms with Crippen LogP contribution >= 0.6 is 7.82 Å². The van der Waals surface area contributed by atoms with Gasteiger partial charge in [0, 0.05) is 6.92 Å². The standard InChI is InChI=1S/C13H20NO5P/c1-3-18-20(16,17)19-10-13(14-11(2)15)9-12-7-5-4-6-8-12/h4-8,13H,3,9-10H2,1-2H3,(H,14,15)(H,16,17)/p-1. The monoisotopic (exact) mass is 300 g/mol. The second kappa shape index (κ2) is 8.17. The lowest BCUT2D eigenvalue weighted by Crippen LogP contribution is -2.38. The number of hydrogen-bond acceptors (Lipinski definition) is 5. The number of carbonyl (C=O) groups excluding carboxylic acids is 1. The van der Waals surface area contributed by atoms with E-state index in [-0.39, 0.29) is 19.1 Å². The molecule has 0 aliphatic carbocycles. The van der Waals surface area contributed by atoms with Gasteiger partial charge in [0.25, 0.3) is 7.82 Å². The summed E-state index contributed by atoms with van der Waals surface area (Å²) in [4.78, 5) is 22.5. The van der Waals surface area contributed by atoms with Crippen molar-refractivity contribution in [2.75, 3.05) is 13.2 Å². The molecule has 20 heavy (non-hydrogen) atoms. The molecule has 112 valence electrons. The van der Waals surface area contributed by atoms with Crippen molar-refractivity contribution in [2.45, 2.75) is 26.3 Å². The van der Waals surface area contributed by atoms with Crippen molar-refractivity contribution in [1.82, 2.24) is 5.32 Å². The van der Waals surface area contributed by atoms with Crippen LogP contribution in [0.5, 0.6) is 0 Å². The van der Waals surface area contributed by atoms with Crippen LogP contribution in [0, 0.1) is 0 Å². The molecule has 0 aliphatic heterocycles. The van der Waals surface area contributed by atoms with Crippen LogP contribution in [-0.2, 0) is 24.8 Å². The SMILES string of the molecule is CCOP(=O)([O-])OCC(Cc1ccccc1)NC(C)=O. The van der Waals surface area contributed by atoms with E-state index in [1.54, 1.807) is 6.92 Å². The molecule has 1 aromatic rings. The summed E-state index contributed by atoms with van der Waals surface area (Å²) in [6.45, 7) is 2.79. The molecule has 1 aromatic carbocycles. The first-order chi connectivity index (χ1) is 9.43. The average molecular weight is 300 g/mol. The van der Waals surface area contributed by atoms with Crippen LogP contribution in [0.2, 0.25) is 0 Å². The summed E-state index contributed by atoms with van der Waals surface area (Å²) in [5.74, 6) is -0.244. The lowest BCUT2D eigenvalue weighted by Gasteiger charge is -2.25. The molecule has 0 fully saturated rings. The molecule has 7 heteroatoms. The zero-order valence-electron chi connectivity index (χ0n) is 11.6. The van der Waals surface area contributed by atoms with E-state index in [0.717, 1.165) is 5.56 Å². The van der Waals surface area contributed by atoms with E-state index in [4.69, 9.17) is 4.52 Å². The topological polar surface area (TPSA) is 87.7 Å². The molecular weight excluding hydrogens is 281 g/mol. The number of benzene rings is 1. The molecular formula is C13H19NO5P-. The normalized spacial score (nSPS) is 15.3. The zero-order valence-corrected chi connectivity index (χ0v) is 12.5. The van der Waals surface area contributed by atoms with Crippen molar-refractivity contribution in [1.29, 1.82) is 0 Å². The number of phosphoric acid groups is 1. The fourth-order valence-electron chi connectivity index (χ4n) is 1.71. The van der Waals surface area contributed by atoms with Gasteiger partial charge in [0.05, 0.1) is 19.3 Å². The van der Waals surface area contributed by atoms with Gasteiger partial charge in [0.2, 0.25) is 5.91 Å². The molecule has 0 radical (unpaired) electrons. The first-order valence-corrected chi connectivity index (χ1v) is 7.80. The first-order valence-electron chi connectivity index (χ1n) is 6.34. The highest BCUT2D eigenvalue weighted by Crippen LogP contribution is 2.37. The summed E-state index contributed by atoms with van der Waals surface area (Å²) < 4.78 is 20.6. The Balaban J connectivity index is 2.61. The van der Waals surface area contributed by atoms with Gasteiger partial charge in [-0.15, -0.1) is 0 Å². The summed E-state index contributed by atoms with van der Waals surface area (Å²) in [6.07, 6.45) is 0.479. The van der Waals surface area contributed by atoms with E-state index in [1.807, 2.05) is 30.3 Å². The van der Waals surface area contributed by atoms with Gasteiger partial charge in [0.1, 0.15) is 0 Å². The van der Waals surface area contributed by atoms with Crippen molar-refractivity contribution in [3.05, 3.63) is 35.9 Å². The highest BCUT2D eigenvalue weighted by atomic mass is 31.2. The van der Waals surface area contributed by atoms with Crippen LogP contribution in [0.25, 0.3) is 0 Å². The Hall–Kier alpha value is -1.20. The van der Waals surface area contributed by atoms with Crippen LogP contribution in [0.3, 0.4) is 0 Å². The molecule has 0 saturated heterocycles. The predicted molar refractivity (Wildman–Crippen MR) is 72.9 cm³/mol. The van der Waals surface area contributed by atoms with Gasteiger partial charge in [-0.25, -0.2) is 0 Å². The van der Waals surface area contributed by atoms with Crippen LogP contribution in [-0.4, -0.2) is 25.2 Å². The van der Waals surface area contributed by atoms with E-state index in [2.05, 4.69) is 9.84 Å². The summed E-state index contributed by atoms with van der Waals surface area (Å²) in [5.41, 5.74) is 0.979. The maximum Gasteiger partial charge on any atom is 0.267 e. The van der Waals surface area contributed by atoms with Gasteiger partial charge >= 0.3 is 0 Å². The quantitative estimate of drug-likeness (QED) is 0.730. The predicted octanol–water partition coefficient (Wildman–Crippen LogP) is 1.26. The molecule has 0 bridgehead atoms. The second-order valence-corrected chi connectivity index (χ2v) is 5.66. The van der Waals surface area contributed by atoms with Crippen LogP contribution in [0.4, 0.5) is 0 Å². The molecule has 2 atom stereocenters. The smallest absolute Gasteiger partial charge is 0.267 e. The Morgan fingerprint density at radius 3 is 2.55 bits per heavy atom. The maximum absolute atomic E-state index is 11.3. The van der Waals surface area contributed by atoms with Gasteiger partial charge in [0.15, 0.2) is 0 Å². The Morgan fingerprint density at radius 2 is 2.00 bits per heavy atom. The maximum atomic E-state index is 11.3. The lowest BCUT2D eigenvalue weighted by atomic mass is 10.1. The summed E-state index contributed by atoms with van der Waals surface area (Å²) in [5, 5.41) is 2.66. The fourth-order valence-corrected chi connectivity index (χ4v) is 2.47. The third-order valence-electron chi connectivity index (χ3n) is 2.45. The van der Waals surface area contributed by atoms with Crippen LogP contribution < -0.4 is 10.2 Å². The molecule has 1 N–H and O–H groups in total. The van der Waals surface area contributed by atoms with Gasteiger partial charge in [-0.05, 0) is 18.9 Å². The molecule has 2 unspecified atom stereocenters. The van der Waals surface area contributed by atoms with Gasteiger partial charge in [-0.2, -0.15) is 0 Å². The highest BCUT2D eigenvalue weighted by Gasteiger charge is 2.16. The Labute approximate surface area is 118 Å². The first kappa shape index (κ1) is 16.9. The zero-order chi connectivity index (χ0) is 15.0. The minimum Gasteiger partial charge on any atom is -0.756 e. The molecule has 0 aromatic heterocycles. The number of phosphoric ester groups is 1. The molecule has 0 saturated carbocycles. The van der Waals surface area contributed by atoms with Gasteiger partial charge in [-0.3, -0.25) is 9.36 Å². The van der Waals surface area contributed by atoms with Gasteiger partial charge in [-0.1, -0.05) is 30.3 Å². The molecule has 6 nitrogen and oxygen atoms in total. The fraction of sp³-hybridized carbons (Fsp3) is 0.462. The number of amides is 1. The number of carbonyl (C=O) groups is 1. The summed E-state index contributed by atoms with van der Waals surface area (Å²) >= 11 is 0. The largest absolute Gasteiger partial charge is 0.756 e. The van der Waals surface area contributed by atoms with Crippen molar-refractivity contribution in [2.24, 2.45) is 0 Å². The third kappa shape index (κ3) is 6.82. The van der Waals surface area contributed by atoms with Crippen LogP contribution in [0.15, 0.2) is 30.3 Å². The number of rotatable bonds is 8. The minimum absolute atomic E-state index is 0.0181. The Morgan fingerprint density at radius 1 is 1.35 bits per heavy atom. The molecule has 1 rings (SSSR count). The van der Waals surface area contributed by atoms with E-state index in [0.29, 0.717) is 6.42 Å². The van der Waals surface area contributed by atoms with Crippen molar-refractivity contribution < 1.29 is 23.3 Å². The second-order valence-electron chi connectivity index (χ2n) is 4.25. The van der Waals surface area contributed by atoms with Crippen molar-refractivity contribution in [3.8, 4) is 0 Å². The molecule has 1 amide bonds. The third-order valence-corrected chi connectivity index (χ3v) is 3.49. The lowest BCUT2D eigenvalue weighted by molar-refractivity contribution is -0.225. The number of hydrogen-bond donors (Lipinski definition) is 1. The average Bonchev–Trinajstić information content (AvgIpc) is 2.37. The van der Waals surface area contributed by atoms with E-state index in [9.17, 15) is 14.3 Å². The summed E-state index contributed by atoms with van der Waals surface area (Å²) in [6, 6.07) is 8.99. The van der Waals surface area contributed by atoms with E-state index < -0.39 is 13.9 Å². The Kier molecular flexibility index (Phi) is 6.88. The number of nitrogens with one attached hydrogen (secondary N) is 1. The Bertz CT molecular complexity index is 465. The molecule has 0 spiro atoms. The van der Waals surface area contributed by atoms with Crippen molar-refractivity contribution in [3.63, 3.8) is 0 Å². The highest BCUT2D eigenvalue weighted by molar-refractivity contribution is 7.45. The minimum atomic E-state index is -4.30. The van der Waals surface area contributed by atoms with Gasteiger partial charge < -0.3 is 19.3 Å². The van der Waals surface area contributed by atoms with E-state index in [1.165, 1.54) is 6.92 Å². The molecule has 0 heterocycles. The molecule has 0 aliphatic rings.